The zero-order valence-corrected chi connectivity index (χ0v) is 12.8. The Balaban J connectivity index is 2.24. The Hall–Kier alpha value is -2.25. The van der Waals surface area contributed by atoms with Crippen LogP contribution in [0.15, 0.2) is 18.5 Å². The molecule has 6 nitrogen and oxygen atoms in total. The molecule has 0 saturated carbocycles. The van der Waals surface area contributed by atoms with E-state index < -0.39 is 12.5 Å². The topological polar surface area (TPSA) is 64.7 Å². The molecule has 0 bridgehead atoms. The van der Waals surface area contributed by atoms with Gasteiger partial charge in [-0.25, -0.2) is 9.67 Å². The summed E-state index contributed by atoms with van der Waals surface area (Å²) in [6, 6.07) is 2.52. The number of nitrogens with zero attached hydrogens (tertiary/aromatic N) is 4. The number of alkyl halides is 2. The summed E-state index contributed by atoms with van der Waals surface area (Å²) in [5.41, 5.74) is 0.276. The molecule has 1 unspecified atom stereocenters. The third-order valence-electron chi connectivity index (χ3n) is 3.52. The molecule has 0 spiro atoms. The SMILES string of the molecule is CCC(NC(=O)c1ccc(C)n1C(F)F)c1ncnn1CC. The van der Waals surface area contributed by atoms with E-state index in [2.05, 4.69) is 15.4 Å². The molecule has 1 amide bonds. The molecule has 0 aliphatic carbocycles. The van der Waals surface area contributed by atoms with Crippen molar-refractivity contribution in [3.05, 3.63) is 35.7 Å². The summed E-state index contributed by atoms with van der Waals surface area (Å²) in [7, 11) is 0. The van der Waals surface area contributed by atoms with Gasteiger partial charge < -0.3 is 5.32 Å². The lowest BCUT2D eigenvalue weighted by Crippen LogP contribution is -2.32. The lowest BCUT2D eigenvalue weighted by molar-refractivity contribution is 0.0613. The van der Waals surface area contributed by atoms with Crippen molar-refractivity contribution in [3.8, 4) is 0 Å². The standard InChI is InChI=1S/C14H19F2N5O/c1-4-10(12-17-8-18-20(12)5-2)19-13(22)11-7-6-9(3)21(11)14(15)16/h6-8,10,14H,4-5H2,1-3H3,(H,19,22). The monoisotopic (exact) mass is 311 g/mol. The molecule has 0 saturated heterocycles. The van der Waals surface area contributed by atoms with Crippen molar-refractivity contribution >= 4 is 5.91 Å². The van der Waals surface area contributed by atoms with Gasteiger partial charge in [0.25, 0.3) is 5.91 Å². The van der Waals surface area contributed by atoms with Crippen LogP contribution in [0.25, 0.3) is 0 Å². The number of hydrogen-bond donors (Lipinski definition) is 1. The first-order chi connectivity index (χ1) is 10.5. The molecular weight excluding hydrogens is 292 g/mol. The number of aromatic nitrogens is 4. The molecule has 120 valence electrons. The summed E-state index contributed by atoms with van der Waals surface area (Å²) in [5, 5.41) is 6.81. The summed E-state index contributed by atoms with van der Waals surface area (Å²) < 4.78 is 28.5. The van der Waals surface area contributed by atoms with Crippen LogP contribution < -0.4 is 5.32 Å². The van der Waals surface area contributed by atoms with E-state index in [0.29, 0.717) is 29.1 Å². The first kappa shape index (κ1) is 16.1. The lowest BCUT2D eigenvalue weighted by atomic mass is 10.2. The zero-order chi connectivity index (χ0) is 16.3. The summed E-state index contributed by atoms with van der Waals surface area (Å²) in [5.74, 6) is 0.0659. The van der Waals surface area contributed by atoms with E-state index in [1.807, 2.05) is 13.8 Å². The number of aryl methyl sites for hydroxylation is 2. The Morgan fingerprint density at radius 3 is 2.68 bits per heavy atom. The molecule has 2 heterocycles. The predicted molar refractivity (Wildman–Crippen MR) is 76.6 cm³/mol. The first-order valence-electron chi connectivity index (χ1n) is 7.14. The van der Waals surface area contributed by atoms with Crippen molar-refractivity contribution in [3.63, 3.8) is 0 Å². The highest BCUT2D eigenvalue weighted by Gasteiger charge is 2.23. The molecule has 0 aliphatic heterocycles. The molecule has 2 aromatic rings. The van der Waals surface area contributed by atoms with Crippen molar-refractivity contribution in [1.82, 2.24) is 24.6 Å². The predicted octanol–water partition coefficient (Wildman–Crippen LogP) is 2.68. The number of amides is 1. The normalized spacial score (nSPS) is 12.6. The molecule has 0 radical (unpaired) electrons. The molecule has 1 atom stereocenters. The van der Waals surface area contributed by atoms with Crippen LogP contribution >= 0.6 is 0 Å². The minimum atomic E-state index is -2.75. The Morgan fingerprint density at radius 2 is 2.09 bits per heavy atom. The second-order valence-corrected chi connectivity index (χ2v) is 4.88. The number of hydrogen-bond acceptors (Lipinski definition) is 3. The van der Waals surface area contributed by atoms with Crippen molar-refractivity contribution < 1.29 is 13.6 Å². The number of rotatable bonds is 6. The van der Waals surface area contributed by atoms with Gasteiger partial charge in [-0.15, -0.1) is 0 Å². The Morgan fingerprint density at radius 1 is 1.36 bits per heavy atom. The maximum atomic E-state index is 13.0. The van der Waals surface area contributed by atoms with E-state index in [-0.39, 0.29) is 11.7 Å². The minimum absolute atomic E-state index is 0.0616. The fourth-order valence-corrected chi connectivity index (χ4v) is 2.36. The maximum Gasteiger partial charge on any atom is 0.319 e. The molecular formula is C14H19F2N5O. The molecule has 1 N–H and O–H groups in total. The average Bonchev–Trinajstić information content (AvgIpc) is 3.10. The largest absolute Gasteiger partial charge is 0.341 e. The van der Waals surface area contributed by atoms with Crippen LogP contribution in [0.1, 0.15) is 54.9 Å². The van der Waals surface area contributed by atoms with Gasteiger partial charge in [-0.3, -0.25) is 9.36 Å². The fraction of sp³-hybridized carbons (Fsp3) is 0.500. The number of nitrogens with one attached hydrogen (secondary N) is 1. The minimum Gasteiger partial charge on any atom is -0.341 e. The van der Waals surface area contributed by atoms with Crippen molar-refractivity contribution in [2.45, 2.75) is 46.3 Å². The molecule has 0 fully saturated rings. The third kappa shape index (κ3) is 3.00. The van der Waals surface area contributed by atoms with Gasteiger partial charge in [-0.2, -0.15) is 13.9 Å². The third-order valence-corrected chi connectivity index (χ3v) is 3.52. The van der Waals surface area contributed by atoms with Crippen molar-refractivity contribution in [2.24, 2.45) is 0 Å². The van der Waals surface area contributed by atoms with Crippen molar-refractivity contribution in [1.29, 1.82) is 0 Å². The van der Waals surface area contributed by atoms with Crippen LogP contribution in [0.3, 0.4) is 0 Å². The summed E-state index contributed by atoms with van der Waals surface area (Å²) >= 11 is 0. The highest BCUT2D eigenvalue weighted by molar-refractivity contribution is 5.93. The van der Waals surface area contributed by atoms with Gasteiger partial charge in [0, 0.05) is 12.2 Å². The van der Waals surface area contributed by atoms with E-state index in [1.165, 1.54) is 25.4 Å². The molecule has 2 rings (SSSR count). The molecule has 22 heavy (non-hydrogen) atoms. The van der Waals surface area contributed by atoms with Crippen LogP contribution in [0, 0.1) is 6.92 Å². The number of carbonyl (C=O) groups excluding carboxylic acids is 1. The smallest absolute Gasteiger partial charge is 0.319 e. The molecule has 2 aromatic heterocycles. The van der Waals surface area contributed by atoms with E-state index >= 15 is 0 Å². The molecule has 0 aromatic carbocycles. The van der Waals surface area contributed by atoms with Gasteiger partial charge in [-0.05, 0) is 32.4 Å². The Bertz CT molecular complexity index is 649. The van der Waals surface area contributed by atoms with Gasteiger partial charge in [0.1, 0.15) is 17.8 Å². The fourth-order valence-electron chi connectivity index (χ4n) is 2.36. The van der Waals surface area contributed by atoms with E-state index in [9.17, 15) is 13.6 Å². The van der Waals surface area contributed by atoms with Gasteiger partial charge in [0.05, 0.1) is 6.04 Å². The average molecular weight is 311 g/mol. The van der Waals surface area contributed by atoms with Gasteiger partial charge in [0.15, 0.2) is 0 Å². The highest BCUT2D eigenvalue weighted by atomic mass is 19.3. The van der Waals surface area contributed by atoms with Crippen LogP contribution in [-0.4, -0.2) is 25.2 Å². The maximum absolute atomic E-state index is 13.0. The number of carbonyl (C=O) groups is 1. The van der Waals surface area contributed by atoms with Crippen LogP contribution in [-0.2, 0) is 6.54 Å². The highest BCUT2D eigenvalue weighted by Crippen LogP contribution is 2.20. The van der Waals surface area contributed by atoms with Gasteiger partial charge in [0.2, 0.25) is 0 Å². The quantitative estimate of drug-likeness (QED) is 0.892. The lowest BCUT2D eigenvalue weighted by Gasteiger charge is -2.18. The summed E-state index contributed by atoms with van der Waals surface area (Å²) in [4.78, 5) is 16.5. The van der Waals surface area contributed by atoms with Crippen LogP contribution in [0.4, 0.5) is 8.78 Å². The van der Waals surface area contributed by atoms with E-state index in [1.54, 1.807) is 4.68 Å². The summed E-state index contributed by atoms with van der Waals surface area (Å²) in [6.45, 7) is 3.20. The van der Waals surface area contributed by atoms with Gasteiger partial charge in [-0.1, -0.05) is 6.92 Å². The second kappa shape index (κ2) is 6.67. The molecule has 8 heteroatoms. The zero-order valence-electron chi connectivity index (χ0n) is 12.8. The van der Waals surface area contributed by atoms with Crippen LogP contribution in [0.2, 0.25) is 0 Å². The van der Waals surface area contributed by atoms with E-state index in [4.69, 9.17) is 0 Å². The van der Waals surface area contributed by atoms with Crippen molar-refractivity contribution in [2.75, 3.05) is 0 Å². The summed E-state index contributed by atoms with van der Waals surface area (Å²) in [6.07, 6.45) is 2.00. The molecule has 0 aliphatic rings. The Labute approximate surface area is 127 Å². The Kier molecular flexibility index (Phi) is 4.89. The number of halogens is 2. The van der Waals surface area contributed by atoms with Gasteiger partial charge >= 0.3 is 6.55 Å². The second-order valence-electron chi connectivity index (χ2n) is 4.88. The van der Waals surface area contributed by atoms with Crippen LogP contribution in [0.5, 0.6) is 0 Å². The first-order valence-corrected chi connectivity index (χ1v) is 7.14. The van der Waals surface area contributed by atoms with E-state index in [0.717, 1.165) is 0 Å².